The van der Waals surface area contributed by atoms with Crippen molar-refractivity contribution in [2.24, 2.45) is 16.1 Å². The summed E-state index contributed by atoms with van der Waals surface area (Å²) in [6.07, 6.45) is 8.55. The fourth-order valence-corrected chi connectivity index (χ4v) is 2.18. The molecule has 1 unspecified atom stereocenters. The number of aliphatic hydroxyl groups is 1. The molecule has 0 amide bonds. The molecule has 0 aromatic rings. The Morgan fingerprint density at radius 2 is 2.14 bits per heavy atom. The van der Waals surface area contributed by atoms with Crippen LogP contribution in [-0.2, 0) is 4.84 Å². The van der Waals surface area contributed by atoms with Gasteiger partial charge in [0, 0.05) is 12.1 Å². The van der Waals surface area contributed by atoms with Gasteiger partial charge in [-0.05, 0) is 43.3 Å². The number of likely N-dealkylation sites (tertiary alicyclic amines) is 1. The Hall–Kier alpha value is -1.99. The molecule has 1 aliphatic rings. The predicted octanol–water partition coefficient (Wildman–Crippen LogP) is 1.51. The van der Waals surface area contributed by atoms with E-state index in [2.05, 4.69) is 21.8 Å². The smallest absolute Gasteiger partial charge is 0.170 e. The Bertz CT molecular complexity index is 440. The largest absolute Gasteiger partial charge is 0.391 e. The number of hydrogen-bond donors (Lipinski definition) is 2. The Balaban J connectivity index is 2.38. The molecule has 0 bridgehead atoms. The van der Waals surface area contributed by atoms with E-state index in [9.17, 15) is 10.0 Å². The Morgan fingerprint density at radius 3 is 2.77 bits per heavy atom. The topological polar surface area (TPSA) is 101 Å². The van der Waals surface area contributed by atoms with Gasteiger partial charge in [0.1, 0.15) is 12.7 Å². The number of nitrogens with two attached hydrogens (primary N) is 1. The van der Waals surface area contributed by atoms with Gasteiger partial charge in [-0.15, -0.1) is 4.91 Å². The normalized spacial score (nSPS) is 19.1. The van der Waals surface area contributed by atoms with Crippen molar-refractivity contribution < 1.29 is 9.94 Å². The molecular weight excluding hydrogens is 284 g/mol. The summed E-state index contributed by atoms with van der Waals surface area (Å²) >= 11 is 0. The number of oxime groups is 1. The van der Waals surface area contributed by atoms with Gasteiger partial charge in [-0.25, -0.2) is 0 Å². The number of rotatable bonds is 9. The number of hydrogen-bond acceptors (Lipinski definition) is 6. The zero-order chi connectivity index (χ0) is 16.2. The van der Waals surface area contributed by atoms with Crippen LogP contribution in [0.15, 0.2) is 46.9 Å². The van der Waals surface area contributed by atoms with Gasteiger partial charge in [0.05, 0.1) is 6.20 Å². The summed E-state index contributed by atoms with van der Waals surface area (Å²) in [7, 11) is 0. The van der Waals surface area contributed by atoms with Crippen molar-refractivity contribution >= 4 is 5.84 Å². The molecule has 0 radical (unpaired) electrons. The SMILES string of the molecule is C=CC(=C\C=C/N=O)/C(N)=N/OCC(O)CN1CCCCC1. The molecule has 0 aromatic carbocycles. The van der Waals surface area contributed by atoms with E-state index in [0.717, 1.165) is 19.3 Å². The van der Waals surface area contributed by atoms with Gasteiger partial charge in [0.25, 0.3) is 0 Å². The second-order valence-corrected chi connectivity index (χ2v) is 5.06. The minimum absolute atomic E-state index is 0.0767. The van der Waals surface area contributed by atoms with Crippen LogP contribution < -0.4 is 5.73 Å². The summed E-state index contributed by atoms with van der Waals surface area (Å²) < 4.78 is 0. The molecule has 1 saturated heterocycles. The highest BCUT2D eigenvalue weighted by atomic mass is 16.6. The van der Waals surface area contributed by atoms with Crippen molar-refractivity contribution in [1.82, 2.24) is 4.90 Å². The Labute approximate surface area is 130 Å². The quantitative estimate of drug-likeness (QED) is 0.221. The first-order valence-corrected chi connectivity index (χ1v) is 7.35. The molecule has 1 rings (SSSR count). The second kappa shape index (κ2) is 10.7. The molecule has 0 aromatic heterocycles. The van der Waals surface area contributed by atoms with Crippen molar-refractivity contribution in [2.45, 2.75) is 25.4 Å². The standard InChI is InChI=1S/C15H24N4O3/c1-2-13(7-6-8-17-21)15(16)18-22-12-14(20)11-19-9-4-3-5-10-19/h2,6-8,14,20H,1,3-5,9-12H2,(H2,16,18)/b8-6-,13-7+. The third-order valence-electron chi connectivity index (χ3n) is 3.29. The van der Waals surface area contributed by atoms with E-state index in [1.807, 2.05) is 0 Å². The summed E-state index contributed by atoms with van der Waals surface area (Å²) in [5.74, 6) is 0.121. The minimum Gasteiger partial charge on any atom is -0.391 e. The van der Waals surface area contributed by atoms with Crippen molar-refractivity contribution in [2.75, 3.05) is 26.2 Å². The number of nitrogens with zero attached hydrogens (tertiary/aromatic N) is 3. The number of β-amino-alcohol motifs (C(OH)–C–C–N with tert-alkyl or cyclic N) is 1. The number of piperidine rings is 1. The molecule has 0 spiro atoms. The van der Waals surface area contributed by atoms with E-state index in [1.54, 1.807) is 6.08 Å². The third kappa shape index (κ3) is 7.14. The molecule has 22 heavy (non-hydrogen) atoms. The Morgan fingerprint density at radius 1 is 1.41 bits per heavy atom. The van der Waals surface area contributed by atoms with Crippen molar-refractivity contribution in [3.05, 3.63) is 41.5 Å². The van der Waals surface area contributed by atoms with Crippen LogP contribution in [0.3, 0.4) is 0 Å². The number of allylic oxidation sites excluding steroid dienone is 2. The first kappa shape index (κ1) is 18.1. The zero-order valence-corrected chi connectivity index (χ0v) is 12.7. The molecule has 1 fully saturated rings. The van der Waals surface area contributed by atoms with Gasteiger partial charge >= 0.3 is 0 Å². The molecule has 1 heterocycles. The van der Waals surface area contributed by atoms with E-state index in [-0.39, 0.29) is 12.4 Å². The lowest BCUT2D eigenvalue weighted by atomic mass is 10.1. The fraction of sp³-hybridized carbons (Fsp3) is 0.533. The van der Waals surface area contributed by atoms with Gasteiger partial charge in [-0.3, -0.25) is 0 Å². The maximum atomic E-state index is 9.95. The lowest BCUT2D eigenvalue weighted by molar-refractivity contribution is 0.0157. The number of aliphatic hydroxyl groups excluding tert-OH is 1. The third-order valence-corrected chi connectivity index (χ3v) is 3.29. The first-order chi connectivity index (χ1) is 10.7. The van der Waals surface area contributed by atoms with Gasteiger partial charge in [-0.1, -0.05) is 24.2 Å². The van der Waals surface area contributed by atoms with Crippen LogP contribution in [0.2, 0.25) is 0 Å². The summed E-state index contributed by atoms with van der Waals surface area (Å²) in [5, 5.41) is 16.2. The summed E-state index contributed by atoms with van der Waals surface area (Å²) in [5.41, 5.74) is 6.24. The highest BCUT2D eigenvalue weighted by Gasteiger charge is 2.14. The first-order valence-electron chi connectivity index (χ1n) is 7.35. The van der Waals surface area contributed by atoms with Crippen LogP contribution >= 0.6 is 0 Å². The number of nitroso groups, excluding NO2 is 1. The van der Waals surface area contributed by atoms with Crippen LogP contribution in [0.1, 0.15) is 19.3 Å². The van der Waals surface area contributed by atoms with Gasteiger partial charge in [0.15, 0.2) is 5.84 Å². The van der Waals surface area contributed by atoms with Crippen molar-refractivity contribution in [3.63, 3.8) is 0 Å². The van der Waals surface area contributed by atoms with Crippen molar-refractivity contribution in [1.29, 1.82) is 0 Å². The highest BCUT2D eigenvalue weighted by Crippen LogP contribution is 2.09. The molecule has 0 aliphatic carbocycles. The van der Waals surface area contributed by atoms with Gasteiger partial charge < -0.3 is 20.6 Å². The van der Waals surface area contributed by atoms with E-state index < -0.39 is 6.10 Å². The van der Waals surface area contributed by atoms with Crippen LogP contribution in [0.25, 0.3) is 0 Å². The molecule has 122 valence electrons. The van der Waals surface area contributed by atoms with Crippen LogP contribution in [0.5, 0.6) is 0 Å². The lowest BCUT2D eigenvalue weighted by Crippen LogP contribution is -2.38. The minimum atomic E-state index is -0.607. The van der Waals surface area contributed by atoms with Crippen LogP contribution in [0, 0.1) is 4.91 Å². The van der Waals surface area contributed by atoms with E-state index in [0.29, 0.717) is 12.1 Å². The van der Waals surface area contributed by atoms with Crippen molar-refractivity contribution in [3.8, 4) is 0 Å². The summed E-state index contributed by atoms with van der Waals surface area (Å²) in [6.45, 7) is 6.29. The number of amidine groups is 1. The molecule has 1 atom stereocenters. The molecule has 1 aliphatic heterocycles. The van der Waals surface area contributed by atoms with Crippen LogP contribution in [-0.4, -0.2) is 48.2 Å². The summed E-state index contributed by atoms with van der Waals surface area (Å²) in [6, 6.07) is 0. The Kier molecular flexibility index (Phi) is 8.78. The molecule has 7 nitrogen and oxygen atoms in total. The average molecular weight is 308 g/mol. The predicted molar refractivity (Wildman–Crippen MR) is 87.1 cm³/mol. The molecule has 7 heteroatoms. The second-order valence-electron chi connectivity index (χ2n) is 5.06. The lowest BCUT2D eigenvalue weighted by Gasteiger charge is -2.27. The van der Waals surface area contributed by atoms with E-state index in [1.165, 1.54) is 31.4 Å². The van der Waals surface area contributed by atoms with E-state index in [4.69, 9.17) is 10.6 Å². The highest BCUT2D eigenvalue weighted by molar-refractivity contribution is 5.99. The van der Waals surface area contributed by atoms with Gasteiger partial charge in [-0.2, -0.15) is 0 Å². The zero-order valence-electron chi connectivity index (χ0n) is 12.7. The monoisotopic (exact) mass is 308 g/mol. The maximum Gasteiger partial charge on any atom is 0.170 e. The molecule has 0 saturated carbocycles. The van der Waals surface area contributed by atoms with Crippen LogP contribution in [0.4, 0.5) is 0 Å². The fourth-order valence-electron chi connectivity index (χ4n) is 2.18. The van der Waals surface area contributed by atoms with Gasteiger partial charge in [0.2, 0.25) is 0 Å². The summed E-state index contributed by atoms with van der Waals surface area (Å²) in [4.78, 5) is 17.2. The van der Waals surface area contributed by atoms with E-state index >= 15 is 0 Å². The average Bonchev–Trinajstić information content (AvgIpc) is 2.52. The molecular formula is C15H24N4O3. The maximum absolute atomic E-state index is 9.95. The molecule has 3 N–H and O–H groups in total.